The van der Waals surface area contributed by atoms with Crippen LogP contribution in [-0.2, 0) is 4.74 Å². The fourth-order valence-corrected chi connectivity index (χ4v) is 5.38. The number of nitrogens with zero attached hydrogens (tertiary/aromatic N) is 2. The molecule has 0 amide bonds. The van der Waals surface area contributed by atoms with Gasteiger partial charge in [-0.2, -0.15) is 17.7 Å². The summed E-state index contributed by atoms with van der Waals surface area (Å²) in [5, 5.41) is 8.92. The molecule has 2 aromatic carbocycles. The van der Waals surface area contributed by atoms with Crippen LogP contribution in [0.4, 0.5) is 11.4 Å². The quantitative estimate of drug-likeness (QED) is 0.0523. The maximum Gasteiger partial charge on any atom is 0.150 e. The van der Waals surface area contributed by atoms with E-state index in [1.807, 2.05) is 42.5 Å². The molecule has 2 rings (SSSR count). The van der Waals surface area contributed by atoms with Gasteiger partial charge in [-0.25, -0.2) is 0 Å². The van der Waals surface area contributed by atoms with Crippen LogP contribution in [0.15, 0.2) is 52.7 Å². The molecule has 0 bridgehead atoms. The van der Waals surface area contributed by atoms with Crippen LogP contribution in [-0.4, -0.2) is 39.3 Å². The van der Waals surface area contributed by atoms with Gasteiger partial charge >= 0.3 is 0 Å². The van der Waals surface area contributed by atoms with Crippen molar-refractivity contribution >= 4 is 24.0 Å². The van der Waals surface area contributed by atoms with Gasteiger partial charge in [-0.3, -0.25) is 0 Å². The second-order valence-electron chi connectivity index (χ2n) is 11.9. The summed E-state index contributed by atoms with van der Waals surface area (Å²) in [4.78, 5) is 0. The van der Waals surface area contributed by atoms with Crippen molar-refractivity contribution in [1.29, 1.82) is 0 Å². The van der Waals surface area contributed by atoms with E-state index in [2.05, 4.69) is 29.8 Å². The highest BCUT2D eigenvalue weighted by atomic mass is 32.1. The largest absolute Gasteiger partial charge is 0.494 e. The Balaban J connectivity index is 1.70. The molecule has 0 saturated carbocycles. The Kier molecular flexibility index (Phi) is 24.2. The molecule has 254 valence electrons. The summed E-state index contributed by atoms with van der Waals surface area (Å²) in [6, 6.07) is 13.5. The van der Waals surface area contributed by atoms with Crippen molar-refractivity contribution in [2.45, 2.75) is 129 Å². The van der Waals surface area contributed by atoms with Crippen LogP contribution >= 0.6 is 12.6 Å². The number of methoxy groups -OCH3 is 1. The monoisotopic (exact) mass is 642 g/mol. The normalized spacial score (nSPS) is 11.4. The van der Waals surface area contributed by atoms with Crippen LogP contribution < -0.4 is 14.2 Å². The summed E-state index contributed by atoms with van der Waals surface area (Å²) in [5.74, 6) is 3.31. The number of benzene rings is 2. The molecule has 0 aromatic heterocycles. The summed E-state index contributed by atoms with van der Waals surface area (Å²) in [6.45, 7) is 4.66. The van der Waals surface area contributed by atoms with Crippen molar-refractivity contribution in [3.63, 3.8) is 0 Å². The maximum absolute atomic E-state index is 6.03. The van der Waals surface area contributed by atoms with Gasteiger partial charge in [0.05, 0.1) is 25.5 Å². The number of azo groups is 1. The van der Waals surface area contributed by atoms with Gasteiger partial charge in [-0.05, 0) is 61.4 Å². The molecule has 0 spiro atoms. The molecule has 0 aliphatic carbocycles. The van der Waals surface area contributed by atoms with Gasteiger partial charge in [0.1, 0.15) is 23.8 Å². The molecule has 7 heteroatoms. The molecule has 0 aliphatic heterocycles. The molecule has 0 radical (unpaired) electrons. The topological polar surface area (TPSA) is 61.6 Å². The highest BCUT2D eigenvalue weighted by molar-refractivity contribution is 7.80. The van der Waals surface area contributed by atoms with Crippen molar-refractivity contribution in [1.82, 2.24) is 0 Å². The lowest BCUT2D eigenvalue weighted by Crippen LogP contribution is -2.05. The molecule has 0 atom stereocenters. The van der Waals surface area contributed by atoms with E-state index in [0.29, 0.717) is 31.3 Å². The lowest BCUT2D eigenvalue weighted by Gasteiger charge is -2.11. The molecule has 0 saturated heterocycles. The number of hydrogen-bond donors (Lipinski definition) is 1. The average Bonchev–Trinajstić information content (AvgIpc) is 3.06. The molecule has 6 nitrogen and oxygen atoms in total. The Bertz CT molecular complexity index is 986. The van der Waals surface area contributed by atoms with E-state index in [1.165, 1.54) is 109 Å². The Morgan fingerprint density at radius 1 is 0.511 bits per heavy atom. The van der Waals surface area contributed by atoms with Crippen molar-refractivity contribution < 1.29 is 18.9 Å². The number of rotatable bonds is 30. The number of hydrogen-bond acceptors (Lipinski definition) is 7. The summed E-state index contributed by atoms with van der Waals surface area (Å²) in [5.41, 5.74) is 1.43. The minimum Gasteiger partial charge on any atom is -0.494 e. The van der Waals surface area contributed by atoms with E-state index in [1.54, 1.807) is 7.11 Å². The first-order valence-corrected chi connectivity index (χ1v) is 18.5. The van der Waals surface area contributed by atoms with E-state index in [4.69, 9.17) is 18.9 Å². The molecular formula is C38H62N2O4S. The molecule has 0 heterocycles. The van der Waals surface area contributed by atoms with Gasteiger partial charge in [0.2, 0.25) is 0 Å². The van der Waals surface area contributed by atoms with Gasteiger partial charge < -0.3 is 18.9 Å². The molecular weight excluding hydrogens is 580 g/mol. The van der Waals surface area contributed by atoms with Gasteiger partial charge in [0.25, 0.3) is 0 Å². The molecule has 45 heavy (non-hydrogen) atoms. The third kappa shape index (κ3) is 20.5. The molecule has 0 unspecified atom stereocenters. The second-order valence-corrected chi connectivity index (χ2v) is 12.4. The SMILES string of the molecule is CCCCCCCCCCCCOc1ccc(N=Nc2ccc(OCCCCCCCCCCCS)cc2OCCOC)cc1. The first-order valence-electron chi connectivity index (χ1n) is 17.9. The lowest BCUT2D eigenvalue weighted by atomic mass is 10.1. The number of unbranched alkanes of at least 4 members (excludes halogenated alkanes) is 17. The number of thiol groups is 1. The Morgan fingerprint density at radius 3 is 1.58 bits per heavy atom. The third-order valence-corrected chi connectivity index (χ3v) is 8.24. The first kappa shape index (κ1) is 38.9. The predicted octanol–water partition coefficient (Wildman–Crippen LogP) is 12.2. The minimum absolute atomic E-state index is 0.433. The van der Waals surface area contributed by atoms with Crippen LogP contribution in [0.2, 0.25) is 0 Å². The average molecular weight is 643 g/mol. The van der Waals surface area contributed by atoms with Gasteiger partial charge in [-0.1, -0.05) is 110 Å². The summed E-state index contributed by atoms with van der Waals surface area (Å²) in [6.07, 6.45) is 24.7. The van der Waals surface area contributed by atoms with Crippen molar-refractivity contribution in [2.24, 2.45) is 10.2 Å². The zero-order chi connectivity index (χ0) is 32.0. The minimum atomic E-state index is 0.433. The van der Waals surface area contributed by atoms with Gasteiger partial charge in [0, 0.05) is 13.2 Å². The summed E-state index contributed by atoms with van der Waals surface area (Å²) in [7, 11) is 1.66. The summed E-state index contributed by atoms with van der Waals surface area (Å²) >= 11 is 4.28. The van der Waals surface area contributed by atoms with Gasteiger partial charge in [-0.15, -0.1) is 5.11 Å². The van der Waals surface area contributed by atoms with E-state index >= 15 is 0 Å². The highest BCUT2D eigenvalue weighted by Gasteiger charge is 2.07. The third-order valence-electron chi connectivity index (χ3n) is 7.92. The fourth-order valence-electron chi connectivity index (χ4n) is 5.16. The van der Waals surface area contributed by atoms with E-state index in [-0.39, 0.29) is 0 Å². The first-order chi connectivity index (χ1) is 22.3. The van der Waals surface area contributed by atoms with Crippen molar-refractivity contribution in [2.75, 3.05) is 39.3 Å². The molecule has 0 fully saturated rings. The predicted molar refractivity (Wildman–Crippen MR) is 193 cm³/mol. The van der Waals surface area contributed by atoms with Crippen molar-refractivity contribution in [3.8, 4) is 17.2 Å². The lowest BCUT2D eigenvalue weighted by molar-refractivity contribution is 0.146. The Labute approximate surface area is 280 Å². The van der Waals surface area contributed by atoms with Crippen LogP contribution in [0.25, 0.3) is 0 Å². The second kappa shape index (κ2) is 28.0. The van der Waals surface area contributed by atoms with Crippen LogP contribution in [0.5, 0.6) is 17.2 Å². The number of ether oxygens (including phenoxy) is 4. The van der Waals surface area contributed by atoms with E-state index in [0.717, 1.165) is 42.4 Å². The van der Waals surface area contributed by atoms with Gasteiger partial charge in [0.15, 0.2) is 5.75 Å². The fraction of sp³-hybridized carbons (Fsp3) is 0.684. The molecule has 0 aliphatic rings. The summed E-state index contributed by atoms with van der Waals surface area (Å²) < 4.78 is 23.1. The smallest absolute Gasteiger partial charge is 0.150 e. The highest BCUT2D eigenvalue weighted by Crippen LogP contribution is 2.33. The Morgan fingerprint density at radius 2 is 1.02 bits per heavy atom. The van der Waals surface area contributed by atoms with Crippen LogP contribution in [0.1, 0.15) is 129 Å². The van der Waals surface area contributed by atoms with Crippen LogP contribution in [0.3, 0.4) is 0 Å². The molecule has 2 aromatic rings. The van der Waals surface area contributed by atoms with Crippen molar-refractivity contribution in [3.05, 3.63) is 42.5 Å². The zero-order valence-corrected chi connectivity index (χ0v) is 29.4. The molecule has 0 N–H and O–H groups in total. The maximum atomic E-state index is 6.03. The zero-order valence-electron chi connectivity index (χ0n) is 28.5. The van der Waals surface area contributed by atoms with E-state index < -0.39 is 0 Å². The standard InChI is InChI=1S/C38H62N2O4S/c1-3-4-5-6-7-8-10-13-16-19-28-42-35-24-22-34(23-25-35)39-40-37-27-26-36(33-38(37)44-31-30-41-2)43-29-20-17-14-11-9-12-15-18-21-32-45/h22-27,33,45H,3-21,28-32H2,1-2H3. The Hall–Kier alpha value is -2.25. The van der Waals surface area contributed by atoms with Crippen LogP contribution in [0, 0.1) is 0 Å². The van der Waals surface area contributed by atoms with E-state index in [9.17, 15) is 0 Å².